The van der Waals surface area contributed by atoms with Gasteiger partial charge in [-0.05, 0) is 69.0 Å². The minimum Gasteiger partial charge on any atom is -0.348 e. The Balaban J connectivity index is 1.79. The number of rotatable bonds is 5. The second-order valence-electron chi connectivity index (χ2n) is 7.32. The van der Waals surface area contributed by atoms with E-state index in [0.29, 0.717) is 24.4 Å². The van der Waals surface area contributed by atoms with Crippen molar-refractivity contribution in [2.24, 2.45) is 0 Å². The summed E-state index contributed by atoms with van der Waals surface area (Å²) in [5.41, 5.74) is 3.25. The highest BCUT2D eigenvalue weighted by molar-refractivity contribution is 7.89. The van der Waals surface area contributed by atoms with E-state index in [-0.39, 0.29) is 16.8 Å². The first kappa shape index (κ1) is 20.8. The molecule has 5 nitrogen and oxygen atoms in total. The summed E-state index contributed by atoms with van der Waals surface area (Å²) in [6.45, 7) is 6.27. The van der Waals surface area contributed by atoms with Crippen LogP contribution in [0.4, 0.5) is 0 Å². The number of aryl methyl sites for hydroxylation is 2. The van der Waals surface area contributed by atoms with Crippen molar-refractivity contribution in [1.29, 1.82) is 0 Å². The van der Waals surface area contributed by atoms with Crippen LogP contribution in [0.15, 0.2) is 47.4 Å². The van der Waals surface area contributed by atoms with Gasteiger partial charge in [-0.25, -0.2) is 8.42 Å². The topological polar surface area (TPSA) is 66.5 Å². The van der Waals surface area contributed by atoms with Gasteiger partial charge in [0.15, 0.2) is 0 Å². The lowest BCUT2D eigenvalue weighted by molar-refractivity contribution is -0.124. The Morgan fingerprint density at radius 1 is 1.18 bits per heavy atom. The highest BCUT2D eigenvalue weighted by atomic mass is 35.5. The second-order valence-corrected chi connectivity index (χ2v) is 9.65. The van der Waals surface area contributed by atoms with Gasteiger partial charge >= 0.3 is 0 Å². The highest BCUT2D eigenvalue weighted by Crippen LogP contribution is 2.28. The van der Waals surface area contributed by atoms with Gasteiger partial charge in [0, 0.05) is 11.6 Å². The summed E-state index contributed by atoms with van der Waals surface area (Å²) in [6.07, 6.45) is 1.17. The predicted molar refractivity (Wildman–Crippen MR) is 111 cm³/mol. The van der Waals surface area contributed by atoms with Crippen LogP contribution in [0, 0.1) is 13.8 Å². The third kappa shape index (κ3) is 4.24. The van der Waals surface area contributed by atoms with E-state index in [1.807, 2.05) is 32.9 Å². The molecule has 0 unspecified atom stereocenters. The van der Waals surface area contributed by atoms with Gasteiger partial charge in [0.25, 0.3) is 0 Å². The summed E-state index contributed by atoms with van der Waals surface area (Å²) in [4.78, 5) is 13.1. The lowest BCUT2D eigenvalue weighted by Gasteiger charge is -2.25. The molecule has 3 rings (SSSR count). The molecule has 0 bridgehead atoms. The van der Waals surface area contributed by atoms with Crippen molar-refractivity contribution >= 4 is 27.5 Å². The van der Waals surface area contributed by atoms with Crippen LogP contribution < -0.4 is 5.32 Å². The van der Waals surface area contributed by atoms with Crippen LogP contribution in [0.2, 0.25) is 5.02 Å². The smallest absolute Gasteiger partial charge is 0.243 e. The molecular weight excluding hydrogens is 396 g/mol. The summed E-state index contributed by atoms with van der Waals surface area (Å²) >= 11 is 5.87. The van der Waals surface area contributed by atoms with E-state index < -0.39 is 16.1 Å². The minimum absolute atomic E-state index is 0.152. The molecule has 1 heterocycles. The zero-order valence-electron chi connectivity index (χ0n) is 16.3. The van der Waals surface area contributed by atoms with E-state index in [4.69, 9.17) is 11.6 Å². The Kier molecular flexibility index (Phi) is 6.12. The van der Waals surface area contributed by atoms with Crippen molar-refractivity contribution in [1.82, 2.24) is 9.62 Å². The average molecular weight is 421 g/mol. The van der Waals surface area contributed by atoms with Gasteiger partial charge < -0.3 is 5.32 Å². The van der Waals surface area contributed by atoms with Gasteiger partial charge in [0.05, 0.1) is 10.9 Å². The van der Waals surface area contributed by atoms with Gasteiger partial charge in [-0.15, -0.1) is 0 Å². The molecule has 2 aromatic carbocycles. The van der Waals surface area contributed by atoms with Crippen LogP contribution in [-0.4, -0.2) is 31.2 Å². The number of hydrogen-bond donors (Lipinski definition) is 1. The number of sulfonamides is 1. The SMILES string of the molecule is Cc1ccc(C)c([C@@H](C)NC(=O)[C@H]2CCCN2S(=O)(=O)c2ccc(Cl)cc2)c1. The van der Waals surface area contributed by atoms with Crippen molar-refractivity contribution in [2.45, 2.75) is 50.6 Å². The molecule has 1 fully saturated rings. The standard InChI is InChI=1S/C21H25ClN2O3S/c1-14-6-7-15(2)19(13-14)16(3)23-21(25)20-5-4-12-24(20)28(26,27)18-10-8-17(22)9-11-18/h6-11,13,16,20H,4-5,12H2,1-3H3,(H,23,25)/t16-,20-/m1/s1. The number of carbonyl (C=O) groups excluding carboxylic acids is 1. The fourth-order valence-electron chi connectivity index (χ4n) is 3.65. The maximum absolute atomic E-state index is 13.0. The zero-order valence-corrected chi connectivity index (χ0v) is 17.8. The number of halogens is 1. The zero-order chi connectivity index (χ0) is 20.5. The molecule has 28 heavy (non-hydrogen) atoms. The van der Waals surface area contributed by atoms with Gasteiger partial charge in [0.2, 0.25) is 15.9 Å². The van der Waals surface area contributed by atoms with Gasteiger partial charge in [-0.2, -0.15) is 4.31 Å². The molecule has 0 aliphatic carbocycles. The number of nitrogens with zero attached hydrogens (tertiary/aromatic N) is 1. The normalized spacial score (nSPS) is 18.8. The van der Waals surface area contributed by atoms with Crippen LogP contribution in [-0.2, 0) is 14.8 Å². The lowest BCUT2D eigenvalue weighted by atomic mass is 9.99. The first-order chi connectivity index (χ1) is 13.2. The summed E-state index contributed by atoms with van der Waals surface area (Å²) in [5, 5.41) is 3.47. The van der Waals surface area contributed by atoms with Crippen molar-refractivity contribution in [3.63, 3.8) is 0 Å². The van der Waals surface area contributed by atoms with E-state index in [1.165, 1.54) is 16.4 Å². The van der Waals surface area contributed by atoms with Crippen LogP contribution in [0.5, 0.6) is 0 Å². The molecule has 2 aromatic rings. The summed E-state index contributed by atoms with van der Waals surface area (Å²) < 4.78 is 27.3. The Labute approximate surface area is 171 Å². The lowest BCUT2D eigenvalue weighted by Crippen LogP contribution is -2.46. The van der Waals surface area contributed by atoms with Crippen molar-refractivity contribution in [2.75, 3.05) is 6.54 Å². The number of nitrogens with one attached hydrogen (secondary N) is 1. The number of carbonyl (C=O) groups is 1. The maximum Gasteiger partial charge on any atom is 0.243 e. The Bertz CT molecular complexity index is 974. The molecule has 0 aromatic heterocycles. The fraction of sp³-hybridized carbons (Fsp3) is 0.381. The highest BCUT2D eigenvalue weighted by Gasteiger charge is 2.39. The number of amides is 1. The molecule has 7 heteroatoms. The minimum atomic E-state index is -3.75. The third-order valence-corrected chi connectivity index (χ3v) is 7.36. The summed E-state index contributed by atoms with van der Waals surface area (Å²) in [5.74, 6) is -0.261. The quantitative estimate of drug-likeness (QED) is 0.795. The predicted octanol–water partition coefficient (Wildman–Crippen LogP) is 3.99. The molecule has 2 atom stereocenters. The fourth-order valence-corrected chi connectivity index (χ4v) is 5.43. The molecular formula is C21H25ClN2O3S. The van der Waals surface area contributed by atoms with E-state index in [9.17, 15) is 13.2 Å². The van der Waals surface area contributed by atoms with E-state index >= 15 is 0 Å². The molecule has 1 aliphatic heterocycles. The van der Waals surface area contributed by atoms with Gasteiger partial charge in [-0.3, -0.25) is 4.79 Å². The molecule has 1 saturated heterocycles. The molecule has 1 aliphatic rings. The van der Waals surface area contributed by atoms with E-state index in [1.54, 1.807) is 12.1 Å². The van der Waals surface area contributed by atoms with Gasteiger partial charge in [-0.1, -0.05) is 35.4 Å². The molecule has 1 N–H and O–H groups in total. The molecule has 1 amide bonds. The van der Waals surface area contributed by atoms with Crippen molar-refractivity contribution in [3.8, 4) is 0 Å². The van der Waals surface area contributed by atoms with Gasteiger partial charge in [0.1, 0.15) is 6.04 Å². The van der Waals surface area contributed by atoms with E-state index in [0.717, 1.165) is 16.7 Å². The first-order valence-corrected chi connectivity index (χ1v) is 11.2. The van der Waals surface area contributed by atoms with E-state index in [2.05, 4.69) is 11.4 Å². The molecule has 0 spiro atoms. The Morgan fingerprint density at radius 2 is 1.86 bits per heavy atom. The molecule has 0 saturated carbocycles. The summed E-state index contributed by atoms with van der Waals surface area (Å²) in [6, 6.07) is 11.3. The van der Waals surface area contributed by atoms with Crippen LogP contribution >= 0.6 is 11.6 Å². The van der Waals surface area contributed by atoms with Crippen LogP contribution in [0.25, 0.3) is 0 Å². The Morgan fingerprint density at radius 3 is 2.54 bits per heavy atom. The molecule has 0 radical (unpaired) electrons. The van der Waals surface area contributed by atoms with Crippen molar-refractivity contribution in [3.05, 3.63) is 64.2 Å². The maximum atomic E-state index is 13.0. The number of benzene rings is 2. The van der Waals surface area contributed by atoms with Crippen molar-refractivity contribution < 1.29 is 13.2 Å². The number of hydrogen-bond acceptors (Lipinski definition) is 3. The average Bonchev–Trinajstić information content (AvgIpc) is 3.15. The largest absolute Gasteiger partial charge is 0.348 e. The summed E-state index contributed by atoms with van der Waals surface area (Å²) in [7, 11) is -3.75. The Hall–Kier alpha value is -1.89. The third-order valence-electron chi connectivity index (χ3n) is 5.19. The monoisotopic (exact) mass is 420 g/mol. The van der Waals surface area contributed by atoms with Crippen LogP contribution in [0.3, 0.4) is 0 Å². The second kappa shape index (κ2) is 8.23. The van der Waals surface area contributed by atoms with Crippen LogP contribution in [0.1, 0.15) is 42.5 Å². The molecule has 150 valence electrons. The first-order valence-electron chi connectivity index (χ1n) is 9.35.